The maximum absolute atomic E-state index is 3.86. The molecule has 0 heterocycles. The van der Waals surface area contributed by atoms with Crippen LogP contribution in [0.2, 0.25) is 0 Å². The first-order chi connectivity index (χ1) is 5.07. The van der Waals surface area contributed by atoms with Crippen molar-refractivity contribution in [3.8, 4) is 0 Å². The van der Waals surface area contributed by atoms with Crippen LogP contribution < -0.4 is 0 Å². The van der Waals surface area contributed by atoms with Gasteiger partial charge in [-0.15, -0.1) is 0 Å². The quantitative estimate of drug-likeness (QED) is 0.536. The fourth-order valence-corrected chi connectivity index (χ4v) is 0.527. The van der Waals surface area contributed by atoms with Crippen molar-refractivity contribution in [2.75, 3.05) is 0 Å². The fraction of sp³-hybridized carbons (Fsp3) is 0.455. The summed E-state index contributed by atoms with van der Waals surface area (Å²) in [5, 5.41) is 0. The molecule has 0 aliphatic heterocycles. The van der Waals surface area contributed by atoms with E-state index in [-0.39, 0.29) is 0 Å². The van der Waals surface area contributed by atoms with E-state index in [0.717, 1.165) is 12.0 Å². The van der Waals surface area contributed by atoms with E-state index >= 15 is 0 Å². The third-order valence-electron chi connectivity index (χ3n) is 1.85. The smallest absolute Gasteiger partial charge is 0.0349 e. The van der Waals surface area contributed by atoms with Gasteiger partial charge < -0.3 is 0 Å². The van der Waals surface area contributed by atoms with Crippen LogP contribution in [0.5, 0.6) is 0 Å². The largest absolute Gasteiger partial charge is 0.0958 e. The number of hydrogen-bond acceptors (Lipinski definition) is 0. The van der Waals surface area contributed by atoms with Crippen molar-refractivity contribution >= 4 is 0 Å². The molecule has 0 heteroatoms. The van der Waals surface area contributed by atoms with E-state index in [2.05, 4.69) is 39.5 Å². The average Bonchev–Trinajstić information content (AvgIpc) is 1.99. The molecular weight excluding hydrogens is 132 g/mol. The van der Waals surface area contributed by atoms with Crippen LogP contribution >= 0.6 is 0 Å². The van der Waals surface area contributed by atoms with Gasteiger partial charge in [0.2, 0.25) is 0 Å². The van der Waals surface area contributed by atoms with Gasteiger partial charge in [-0.2, -0.15) is 0 Å². The Morgan fingerprint density at radius 3 is 2.09 bits per heavy atom. The van der Waals surface area contributed by atoms with Crippen molar-refractivity contribution in [1.82, 2.24) is 0 Å². The fourth-order valence-electron chi connectivity index (χ4n) is 0.527. The second-order valence-corrected chi connectivity index (χ2v) is 3.00. The predicted octanol–water partition coefficient (Wildman–Crippen LogP) is 3.87. The molecule has 0 saturated heterocycles. The number of allylic oxidation sites excluding steroid dienone is 5. The minimum Gasteiger partial charge on any atom is -0.0958 e. The summed E-state index contributed by atoms with van der Waals surface area (Å²) in [7, 11) is 0. The molecule has 11 heavy (non-hydrogen) atoms. The van der Waals surface area contributed by atoms with Gasteiger partial charge in [-0.1, -0.05) is 36.8 Å². The molecule has 0 aliphatic rings. The van der Waals surface area contributed by atoms with E-state index in [9.17, 15) is 0 Å². The Balaban J connectivity index is 4.22. The van der Waals surface area contributed by atoms with Gasteiger partial charge in [-0.25, -0.2) is 0 Å². The summed E-state index contributed by atoms with van der Waals surface area (Å²) in [5.74, 6) is 0. The molecule has 0 saturated carbocycles. The van der Waals surface area contributed by atoms with Gasteiger partial charge in [0, 0.05) is 0 Å². The number of rotatable bonds is 3. The van der Waals surface area contributed by atoms with Crippen LogP contribution in [0, 0.1) is 0 Å². The van der Waals surface area contributed by atoms with Crippen molar-refractivity contribution in [1.29, 1.82) is 0 Å². The Morgan fingerprint density at radius 1 is 1.18 bits per heavy atom. The maximum atomic E-state index is 3.86. The SMILES string of the molecule is C=C(C)/C(C)=C\C=C(/C)CC. The van der Waals surface area contributed by atoms with E-state index in [4.69, 9.17) is 0 Å². The summed E-state index contributed by atoms with van der Waals surface area (Å²) in [6.45, 7) is 12.3. The Bertz CT molecular complexity index is 192. The van der Waals surface area contributed by atoms with Crippen LogP contribution in [0.1, 0.15) is 34.1 Å². The summed E-state index contributed by atoms with van der Waals surface area (Å²) < 4.78 is 0. The zero-order chi connectivity index (χ0) is 8.85. The molecule has 0 bridgehead atoms. The van der Waals surface area contributed by atoms with E-state index in [1.54, 1.807) is 0 Å². The summed E-state index contributed by atoms with van der Waals surface area (Å²) >= 11 is 0. The molecule has 0 aromatic carbocycles. The van der Waals surface area contributed by atoms with E-state index in [1.165, 1.54) is 11.1 Å². The molecule has 0 amide bonds. The molecular formula is C11H18. The molecule has 0 rings (SSSR count). The van der Waals surface area contributed by atoms with E-state index < -0.39 is 0 Å². The topological polar surface area (TPSA) is 0 Å². The third kappa shape index (κ3) is 4.60. The second kappa shape index (κ2) is 4.95. The van der Waals surface area contributed by atoms with Crippen LogP contribution in [0.15, 0.2) is 35.5 Å². The Morgan fingerprint density at radius 2 is 1.73 bits per heavy atom. The highest BCUT2D eigenvalue weighted by Crippen LogP contribution is 2.06. The van der Waals surface area contributed by atoms with Crippen LogP contribution in [0.25, 0.3) is 0 Å². The lowest BCUT2D eigenvalue weighted by Crippen LogP contribution is -1.75. The van der Waals surface area contributed by atoms with Gasteiger partial charge in [-0.05, 0) is 32.8 Å². The monoisotopic (exact) mass is 150 g/mol. The van der Waals surface area contributed by atoms with Gasteiger partial charge in [0.1, 0.15) is 0 Å². The van der Waals surface area contributed by atoms with Gasteiger partial charge in [0.25, 0.3) is 0 Å². The molecule has 0 N–H and O–H groups in total. The standard InChI is InChI=1S/C11H18/c1-6-10(4)7-8-11(5)9(2)3/h7-8H,2,6H2,1,3-5H3/b10-7+,11-8-. The van der Waals surface area contributed by atoms with Gasteiger partial charge in [0.15, 0.2) is 0 Å². The van der Waals surface area contributed by atoms with Crippen molar-refractivity contribution in [3.63, 3.8) is 0 Å². The van der Waals surface area contributed by atoms with Gasteiger partial charge in [-0.3, -0.25) is 0 Å². The lowest BCUT2D eigenvalue weighted by atomic mass is 10.1. The first kappa shape index (κ1) is 10.2. The minimum absolute atomic E-state index is 1.12. The van der Waals surface area contributed by atoms with E-state index in [1.807, 2.05) is 6.92 Å². The van der Waals surface area contributed by atoms with Crippen LogP contribution in [0.3, 0.4) is 0 Å². The zero-order valence-electron chi connectivity index (χ0n) is 8.07. The van der Waals surface area contributed by atoms with Crippen molar-refractivity contribution in [2.24, 2.45) is 0 Å². The highest BCUT2D eigenvalue weighted by molar-refractivity contribution is 5.28. The van der Waals surface area contributed by atoms with Crippen molar-refractivity contribution in [2.45, 2.75) is 34.1 Å². The summed E-state index contributed by atoms with van der Waals surface area (Å²) in [4.78, 5) is 0. The lowest BCUT2D eigenvalue weighted by molar-refractivity contribution is 1.10. The van der Waals surface area contributed by atoms with E-state index in [0.29, 0.717) is 0 Å². The van der Waals surface area contributed by atoms with Crippen molar-refractivity contribution in [3.05, 3.63) is 35.5 Å². The second-order valence-electron chi connectivity index (χ2n) is 3.00. The average molecular weight is 150 g/mol. The van der Waals surface area contributed by atoms with Gasteiger partial charge in [0.05, 0.1) is 0 Å². The molecule has 0 unspecified atom stereocenters. The molecule has 0 aromatic heterocycles. The van der Waals surface area contributed by atoms with Gasteiger partial charge >= 0.3 is 0 Å². The highest BCUT2D eigenvalue weighted by atomic mass is 13.9. The Hall–Kier alpha value is -0.780. The lowest BCUT2D eigenvalue weighted by Gasteiger charge is -1.96. The molecule has 0 atom stereocenters. The molecule has 62 valence electrons. The predicted molar refractivity (Wildman–Crippen MR) is 52.6 cm³/mol. The molecule has 0 nitrogen and oxygen atoms in total. The summed E-state index contributed by atoms with van der Waals surface area (Å²) in [5.41, 5.74) is 3.81. The first-order valence-corrected chi connectivity index (χ1v) is 4.07. The molecule has 0 radical (unpaired) electrons. The maximum Gasteiger partial charge on any atom is -0.0349 e. The molecule has 0 aliphatic carbocycles. The van der Waals surface area contributed by atoms with Crippen LogP contribution in [0.4, 0.5) is 0 Å². The first-order valence-electron chi connectivity index (χ1n) is 4.07. The minimum atomic E-state index is 1.12. The summed E-state index contributed by atoms with van der Waals surface area (Å²) in [6.07, 6.45) is 5.41. The molecule has 0 fully saturated rings. The zero-order valence-corrected chi connectivity index (χ0v) is 8.07. The highest BCUT2D eigenvalue weighted by Gasteiger charge is 1.86. The Kier molecular flexibility index (Phi) is 4.60. The van der Waals surface area contributed by atoms with Crippen LogP contribution in [-0.4, -0.2) is 0 Å². The number of hydrogen-bond donors (Lipinski definition) is 0. The summed E-state index contributed by atoms with van der Waals surface area (Å²) in [6, 6.07) is 0. The molecule has 0 spiro atoms. The van der Waals surface area contributed by atoms with Crippen molar-refractivity contribution < 1.29 is 0 Å². The van der Waals surface area contributed by atoms with Crippen LogP contribution in [-0.2, 0) is 0 Å². The normalized spacial score (nSPS) is 13.5. The Labute approximate surface area is 70.3 Å². The third-order valence-corrected chi connectivity index (χ3v) is 1.85. The molecule has 0 aromatic rings.